The van der Waals surface area contributed by atoms with Gasteiger partial charge in [-0.3, -0.25) is 0 Å². The molecule has 1 aliphatic rings. The molecule has 1 heterocycles. The Balaban J connectivity index is 1.88. The molecule has 2 atom stereocenters. The summed E-state index contributed by atoms with van der Waals surface area (Å²) in [6, 6.07) is 8.14. The maximum absolute atomic E-state index is 9.84. The first-order chi connectivity index (χ1) is 11.1. The van der Waals surface area contributed by atoms with Gasteiger partial charge in [0.1, 0.15) is 18.5 Å². The third-order valence-electron chi connectivity index (χ3n) is 4.29. The number of hydrogen-bond donors (Lipinski definition) is 2. The fourth-order valence-corrected chi connectivity index (χ4v) is 3.30. The molecule has 136 valence electrons. The van der Waals surface area contributed by atoms with Gasteiger partial charge in [-0.25, -0.2) is 0 Å². The van der Waals surface area contributed by atoms with E-state index in [0.29, 0.717) is 13.2 Å². The zero-order chi connectivity index (χ0) is 18.0. The molecule has 5 heteroatoms. The molecule has 0 aromatic heterocycles. The van der Waals surface area contributed by atoms with Gasteiger partial charge in [-0.05, 0) is 72.5 Å². The molecule has 2 rings (SSSR count). The molecule has 2 N–H and O–H groups in total. The number of nitrogens with one attached hydrogen (secondary N) is 1. The van der Waals surface area contributed by atoms with Crippen molar-refractivity contribution in [3.8, 4) is 5.75 Å². The van der Waals surface area contributed by atoms with Crippen LogP contribution in [0.25, 0.3) is 0 Å². The second kappa shape index (κ2) is 7.30. The molecule has 1 fully saturated rings. The number of aliphatic hydroxyl groups excluding tert-OH is 1. The number of rotatable bonds is 7. The first-order valence-corrected chi connectivity index (χ1v) is 8.60. The lowest BCUT2D eigenvalue weighted by molar-refractivity contribution is -0.0662. The third kappa shape index (κ3) is 5.36. The summed E-state index contributed by atoms with van der Waals surface area (Å²) in [4.78, 5) is 1.94. The Hall–Kier alpha value is -1.30. The summed E-state index contributed by atoms with van der Waals surface area (Å²) in [5, 5.41) is 13.4. The van der Waals surface area contributed by atoms with Crippen LogP contribution in [0.4, 0.5) is 5.69 Å². The summed E-state index contributed by atoms with van der Waals surface area (Å²) in [6.07, 6.45) is 0.478. The van der Waals surface area contributed by atoms with Crippen LogP contribution in [-0.4, -0.2) is 60.6 Å². The number of aliphatic hydroxyl groups is 1. The molecule has 0 radical (unpaired) electrons. The second-order valence-corrected chi connectivity index (χ2v) is 8.12. The molecular weight excluding hydrogens is 304 g/mol. The zero-order valence-electron chi connectivity index (χ0n) is 15.8. The average molecular weight is 336 g/mol. The predicted molar refractivity (Wildman–Crippen MR) is 97.8 cm³/mol. The van der Waals surface area contributed by atoms with Gasteiger partial charge in [-0.2, -0.15) is 0 Å². The van der Waals surface area contributed by atoms with Crippen molar-refractivity contribution < 1.29 is 14.6 Å². The molecule has 1 aromatic carbocycles. The Morgan fingerprint density at radius 2 is 1.88 bits per heavy atom. The number of likely N-dealkylation sites (N-methyl/N-ethyl adjacent to an activating group) is 1. The van der Waals surface area contributed by atoms with Gasteiger partial charge in [0, 0.05) is 12.2 Å². The van der Waals surface area contributed by atoms with Crippen molar-refractivity contribution >= 4 is 5.69 Å². The lowest BCUT2D eigenvalue weighted by Crippen LogP contribution is -2.38. The quantitative estimate of drug-likeness (QED) is 0.802. The normalized spacial score (nSPS) is 23.2. The van der Waals surface area contributed by atoms with Crippen molar-refractivity contribution in [1.82, 2.24) is 4.90 Å². The highest BCUT2D eigenvalue weighted by molar-refractivity contribution is 5.48. The van der Waals surface area contributed by atoms with E-state index in [-0.39, 0.29) is 17.2 Å². The van der Waals surface area contributed by atoms with Crippen molar-refractivity contribution in [2.45, 2.75) is 57.5 Å². The Morgan fingerprint density at radius 1 is 1.25 bits per heavy atom. The molecule has 2 unspecified atom stereocenters. The van der Waals surface area contributed by atoms with Crippen molar-refractivity contribution in [1.29, 1.82) is 0 Å². The van der Waals surface area contributed by atoms with Crippen molar-refractivity contribution in [2.24, 2.45) is 0 Å². The van der Waals surface area contributed by atoms with E-state index in [9.17, 15) is 5.11 Å². The SMILES string of the molecule is CN(C)CC(O)COc1ccc(NC2CC(C)(C)OC2(C)C)cc1. The van der Waals surface area contributed by atoms with Crippen LogP contribution in [0.5, 0.6) is 5.75 Å². The van der Waals surface area contributed by atoms with Crippen molar-refractivity contribution in [2.75, 3.05) is 32.6 Å². The molecule has 24 heavy (non-hydrogen) atoms. The molecule has 1 aromatic rings. The van der Waals surface area contributed by atoms with E-state index in [2.05, 4.69) is 33.0 Å². The summed E-state index contributed by atoms with van der Waals surface area (Å²) in [6.45, 7) is 9.40. The van der Waals surface area contributed by atoms with Crippen LogP contribution in [0.2, 0.25) is 0 Å². The van der Waals surface area contributed by atoms with Crippen LogP contribution < -0.4 is 10.1 Å². The smallest absolute Gasteiger partial charge is 0.119 e. The van der Waals surface area contributed by atoms with Gasteiger partial charge in [0.05, 0.1) is 17.2 Å². The first kappa shape index (κ1) is 19.0. The van der Waals surface area contributed by atoms with E-state index in [1.54, 1.807) is 0 Å². The highest BCUT2D eigenvalue weighted by Crippen LogP contribution is 2.38. The Kier molecular flexibility index (Phi) is 5.78. The maximum atomic E-state index is 9.84. The molecule has 1 saturated heterocycles. The van der Waals surface area contributed by atoms with Gasteiger partial charge in [0.25, 0.3) is 0 Å². The fraction of sp³-hybridized carbons (Fsp3) is 0.684. The Bertz CT molecular complexity index is 526. The summed E-state index contributed by atoms with van der Waals surface area (Å²) < 4.78 is 11.8. The lowest BCUT2D eigenvalue weighted by Gasteiger charge is -2.28. The van der Waals surface area contributed by atoms with Crippen LogP contribution in [0.3, 0.4) is 0 Å². The molecule has 1 aliphatic heterocycles. The van der Waals surface area contributed by atoms with E-state index in [1.807, 2.05) is 43.3 Å². The highest BCUT2D eigenvalue weighted by atomic mass is 16.5. The van der Waals surface area contributed by atoms with E-state index >= 15 is 0 Å². The summed E-state index contributed by atoms with van der Waals surface area (Å²) in [5.74, 6) is 0.764. The van der Waals surface area contributed by atoms with E-state index < -0.39 is 6.10 Å². The molecule has 0 amide bonds. The molecule has 5 nitrogen and oxygen atoms in total. The van der Waals surface area contributed by atoms with Crippen LogP contribution in [-0.2, 0) is 4.74 Å². The number of ether oxygens (including phenoxy) is 2. The minimum atomic E-state index is -0.489. The number of anilines is 1. The monoisotopic (exact) mass is 336 g/mol. The zero-order valence-corrected chi connectivity index (χ0v) is 15.8. The van der Waals surface area contributed by atoms with E-state index in [4.69, 9.17) is 9.47 Å². The Labute approximate surface area is 146 Å². The summed E-state index contributed by atoms with van der Waals surface area (Å²) in [7, 11) is 3.86. The minimum absolute atomic E-state index is 0.104. The van der Waals surface area contributed by atoms with Crippen LogP contribution in [0.15, 0.2) is 24.3 Å². The third-order valence-corrected chi connectivity index (χ3v) is 4.29. The number of hydrogen-bond acceptors (Lipinski definition) is 5. The number of nitrogens with zero attached hydrogens (tertiary/aromatic N) is 1. The van der Waals surface area contributed by atoms with Gasteiger partial charge in [0.15, 0.2) is 0 Å². The van der Waals surface area contributed by atoms with Gasteiger partial charge < -0.3 is 24.8 Å². The molecule has 0 saturated carbocycles. The largest absolute Gasteiger partial charge is 0.491 e. The van der Waals surface area contributed by atoms with Crippen LogP contribution in [0.1, 0.15) is 34.1 Å². The van der Waals surface area contributed by atoms with Crippen molar-refractivity contribution in [3.05, 3.63) is 24.3 Å². The van der Waals surface area contributed by atoms with Gasteiger partial charge in [-0.15, -0.1) is 0 Å². The van der Waals surface area contributed by atoms with Gasteiger partial charge in [-0.1, -0.05) is 0 Å². The minimum Gasteiger partial charge on any atom is -0.491 e. The standard InChI is InChI=1S/C19H32N2O3/c1-18(2)11-17(19(3,4)24-18)20-14-7-9-16(10-8-14)23-13-15(22)12-21(5)6/h7-10,15,17,20,22H,11-13H2,1-6H3. The molecule has 0 bridgehead atoms. The maximum Gasteiger partial charge on any atom is 0.119 e. The molecule has 0 spiro atoms. The van der Waals surface area contributed by atoms with E-state index in [1.165, 1.54) is 0 Å². The average Bonchev–Trinajstić information content (AvgIpc) is 2.64. The topological polar surface area (TPSA) is 54.0 Å². The summed E-state index contributed by atoms with van der Waals surface area (Å²) in [5.41, 5.74) is 0.748. The van der Waals surface area contributed by atoms with Gasteiger partial charge >= 0.3 is 0 Å². The van der Waals surface area contributed by atoms with Crippen LogP contribution >= 0.6 is 0 Å². The summed E-state index contributed by atoms with van der Waals surface area (Å²) >= 11 is 0. The van der Waals surface area contributed by atoms with E-state index in [0.717, 1.165) is 17.9 Å². The lowest BCUT2D eigenvalue weighted by atomic mass is 9.94. The predicted octanol–water partition coefficient (Wildman–Crippen LogP) is 2.75. The molecule has 0 aliphatic carbocycles. The Morgan fingerprint density at radius 3 is 2.38 bits per heavy atom. The first-order valence-electron chi connectivity index (χ1n) is 8.60. The van der Waals surface area contributed by atoms with Crippen LogP contribution in [0, 0.1) is 0 Å². The highest BCUT2D eigenvalue weighted by Gasteiger charge is 2.45. The van der Waals surface area contributed by atoms with Crippen molar-refractivity contribution in [3.63, 3.8) is 0 Å². The fourth-order valence-electron chi connectivity index (χ4n) is 3.30. The second-order valence-electron chi connectivity index (χ2n) is 8.12. The number of benzene rings is 1. The van der Waals surface area contributed by atoms with Gasteiger partial charge in [0.2, 0.25) is 0 Å². The molecular formula is C19H32N2O3.